The number of fused-ring (bicyclic) bond motifs is 1. The van der Waals surface area contributed by atoms with Crippen LogP contribution in [0.2, 0.25) is 0 Å². The van der Waals surface area contributed by atoms with Gasteiger partial charge in [-0.3, -0.25) is 4.79 Å². The van der Waals surface area contributed by atoms with Gasteiger partial charge in [-0.25, -0.2) is 13.2 Å². The van der Waals surface area contributed by atoms with Crippen molar-refractivity contribution in [1.29, 1.82) is 0 Å². The number of nitrogens with zero attached hydrogens (tertiary/aromatic N) is 2. The van der Waals surface area contributed by atoms with Crippen molar-refractivity contribution < 1.29 is 37.3 Å². The minimum atomic E-state index is -3.85. The number of hydrogen-bond donors (Lipinski definition) is 3. The number of anilines is 2. The van der Waals surface area contributed by atoms with Gasteiger partial charge in [0.05, 0.1) is 42.4 Å². The molecule has 3 amide bonds. The Hall–Kier alpha value is -4.17. The topological polar surface area (TPSA) is 147 Å². The summed E-state index contributed by atoms with van der Waals surface area (Å²) in [6.07, 6.45) is 1.42. The molecule has 0 saturated heterocycles. The maximum atomic E-state index is 14.4. The van der Waals surface area contributed by atoms with Crippen LogP contribution in [0.4, 0.5) is 16.2 Å². The van der Waals surface area contributed by atoms with E-state index < -0.39 is 34.1 Å². The largest absolute Gasteiger partial charge is 0.497 e. The average Bonchev–Trinajstić information content (AvgIpc) is 3.09. The highest BCUT2D eigenvalue weighted by Gasteiger charge is 2.32. The Morgan fingerprint density at radius 3 is 2.41 bits per heavy atom. The van der Waals surface area contributed by atoms with Crippen LogP contribution in [-0.4, -0.2) is 93.4 Å². The number of nitrogens with one attached hydrogen (secondary N) is 2. The molecule has 0 saturated carbocycles. The first-order valence-corrected chi connectivity index (χ1v) is 17.9. The molecule has 1 aliphatic rings. The number of likely N-dealkylation sites (N-methyl/N-ethyl adjacent to an activating group) is 1. The summed E-state index contributed by atoms with van der Waals surface area (Å²) in [5.74, 6) is 0.171. The van der Waals surface area contributed by atoms with Crippen molar-refractivity contribution in [1.82, 2.24) is 9.21 Å². The van der Waals surface area contributed by atoms with Crippen molar-refractivity contribution >= 4 is 33.3 Å². The first-order valence-electron chi connectivity index (χ1n) is 16.5. The highest BCUT2D eigenvalue weighted by Crippen LogP contribution is 2.29. The lowest BCUT2D eigenvalue weighted by Gasteiger charge is -2.35. The zero-order valence-electron chi connectivity index (χ0n) is 28.8. The van der Waals surface area contributed by atoms with E-state index >= 15 is 0 Å². The van der Waals surface area contributed by atoms with Gasteiger partial charge in [0.15, 0.2) is 0 Å². The lowest BCUT2D eigenvalue weighted by Crippen LogP contribution is -2.48. The van der Waals surface area contributed by atoms with Crippen molar-refractivity contribution in [3.8, 4) is 11.5 Å². The van der Waals surface area contributed by atoms with Crippen LogP contribution < -0.4 is 20.1 Å². The number of sulfonamides is 1. The SMILES string of the molecule is COc1ccc(S(=O)(=O)N(C)C[C@@H]2OCCCC[C@@H](C)Oc3ccc(NC(=O)Nc4ccccc4)cc3C(=O)N([C@@H](C)CO)C[C@H]2C)cc1. The molecule has 0 fully saturated rings. The number of amides is 3. The Morgan fingerprint density at radius 1 is 1.04 bits per heavy atom. The number of ether oxygens (including phenoxy) is 3. The fourth-order valence-electron chi connectivity index (χ4n) is 5.56. The van der Waals surface area contributed by atoms with E-state index in [0.29, 0.717) is 35.9 Å². The van der Waals surface area contributed by atoms with Gasteiger partial charge in [0.25, 0.3) is 5.91 Å². The van der Waals surface area contributed by atoms with Crippen LogP contribution in [-0.2, 0) is 14.8 Å². The van der Waals surface area contributed by atoms with Crippen molar-refractivity contribution in [2.45, 2.75) is 63.2 Å². The quantitative estimate of drug-likeness (QED) is 0.268. The summed E-state index contributed by atoms with van der Waals surface area (Å²) in [7, 11) is -0.827. The molecule has 1 heterocycles. The van der Waals surface area contributed by atoms with E-state index in [9.17, 15) is 23.1 Å². The molecule has 13 heteroatoms. The van der Waals surface area contributed by atoms with Gasteiger partial charge in [0.1, 0.15) is 11.5 Å². The highest BCUT2D eigenvalue weighted by molar-refractivity contribution is 7.89. The number of hydrogen-bond acceptors (Lipinski definition) is 8. The second-order valence-corrected chi connectivity index (χ2v) is 14.5. The van der Waals surface area contributed by atoms with Crippen LogP contribution in [0.5, 0.6) is 11.5 Å². The fraction of sp³-hybridized carbons (Fsp3) is 0.444. The van der Waals surface area contributed by atoms with E-state index in [-0.39, 0.29) is 42.2 Å². The van der Waals surface area contributed by atoms with Gasteiger partial charge >= 0.3 is 6.03 Å². The number of aliphatic hydroxyl groups is 1. The van der Waals surface area contributed by atoms with Crippen LogP contribution in [0.3, 0.4) is 0 Å². The molecule has 3 N–H and O–H groups in total. The molecule has 266 valence electrons. The van der Waals surface area contributed by atoms with Gasteiger partial charge in [-0.05, 0) is 87.7 Å². The lowest BCUT2D eigenvalue weighted by molar-refractivity contribution is -0.00834. The number of rotatable bonds is 9. The van der Waals surface area contributed by atoms with Crippen molar-refractivity contribution in [3.63, 3.8) is 0 Å². The predicted octanol–water partition coefficient (Wildman–Crippen LogP) is 5.46. The van der Waals surface area contributed by atoms with Gasteiger partial charge < -0.3 is 34.9 Å². The fourth-order valence-corrected chi connectivity index (χ4v) is 6.74. The predicted molar refractivity (Wildman–Crippen MR) is 189 cm³/mol. The number of benzene rings is 3. The molecule has 3 aromatic rings. The molecule has 4 atom stereocenters. The number of carbonyl (C=O) groups is 2. The number of urea groups is 1. The summed E-state index contributed by atoms with van der Waals surface area (Å²) in [5.41, 5.74) is 1.22. The summed E-state index contributed by atoms with van der Waals surface area (Å²) in [6.45, 7) is 5.87. The van der Waals surface area contributed by atoms with Crippen molar-refractivity contribution in [2.75, 3.05) is 51.1 Å². The van der Waals surface area contributed by atoms with E-state index in [1.807, 2.05) is 32.0 Å². The molecule has 4 rings (SSSR count). The number of methoxy groups -OCH3 is 1. The average molecular weight is 697 g/mol. The molecule has 1 aliphatic heterocycles. The number of aliphatic hydroxyl groups excluding tert-OH is 1. The van der Waals surface area contributed by atoms with E-state index in [2.05, 4.69) is 10.6 Å². The van der Waals surface area contributed by atoms with E-state index in [1.165, 1.54) is 30.6 Å². The first-order chi connectivity index (χ1) is 23.4. The normalized spacial score (nSPS) is 20.0. The third-order valence-corrected chi connectivity index (χ3v) is 10.4. The van der Waals surface area contributed by atoms with E-state index in [0.717, 1.165) is 12.8 Å². The van der Waals surface area contributed by atoms with Gasteiger partial charge in [-0.2, -0.15) is 4.31 Å². The van der Waals surface area contributed by atoms with Gasteiger partial charge in [0, 0.05) is 44.0 Å². The summed E-state index contributed by atoms with van der Waals surface area (Å²) in [5, 5.41) is 15.8. The third kappa shape index (κ3) is 10.2. The first kappa shape index (κ1) is 37.6. The van der Waals surface area contributed by atoms with Gasteiger partial charge in [-0.1, -0.05) is 25.1 Å². The molecule has 12 nitrogen and oxygen atoms in total. The molecular formula is C36H48N4O8S. The van der Waals surface area contributed by atoms with Gasteiger partial charge in [0.2, 0.25) is 10.0 Å². The maximum absolute atomic E-state index is 14.4. The van der Waals surface area contributed by atoms with E-state index in [4.69, 9.17) is 14.2 Å². The summed E-state index contributed by atoms with van der Waals surface area (Å²) in [4.78, 5) is 28.8. The second kappa shape index (κ2) is 17.5. The second-order valence-electron chi connectivity index (χ2n) is 12.4. The molecule has 0 aromatic heterocycles. The molecule has 49 heavy (non-hydrogen) atoms. The molecule has 0 unspecified atom stereocenters. The Labute approximate surface area is 289 Å². The minimum absolute atomic E-state index is 0.0474. The molecular weight excluding hydrogens is 648 g/mol. The van der Waals surface area contributed by atoms with Crippen LogP contribution >= 0.6 is 0 Å². The van der Waals surface area contributed by atoms with Crippen LogP contribution in [0.15, 0.2) is 77.7 Å². The Kier molecular flexibility index (Phi) is 13.4. The molecule has 3 aromatic carbocycles. The smallest absolute Gasteiger partial charge is 0.323 e. The lowest BCUT2D eigenvalue weighted by atomic mass is 10.0. The minimum Gasteiger partial charge on any atom is -0.497 e. The Bertz CT molecular complexity index is 1640. The van der Waals surface area contributed by atoms with Crippen LogP contribution in [0, 0.1) is 5.92 Å². The number of carbonyl (C=O) groups excluding carboxylic acids is 2. The molecule has 0 bridgehead atoms. The Morgan fingerprint density at radius 2 is 1.73 bits per heavy atom. The standard InChI is InChI=1S/C36H48N4O8S/c1-25-22-40(26(2)24-41)35(42)32-21-29(38-36(43)37-28-12-7-6-8-13-28)14-19-33(32)48-27(3)11-9-10-20-47-34(25)23-39(4)49(44,45)31-17-15-30(46-5)16-18-31/h6-8,12-19,21,25-27,34,41H,9-11,20,22-24H2,1-5H3,(H2,37,38,43)/t25-,26+,27-,34+/m1/s1. The summed E-state index contributed by atoms with van der Waals surface area (Å²) >= 11 is 0. The van der Waals surface area contributed by atoms with Crippen molar-refractivity contribution in [3.05, 3.63) is 78.4 Å². The number of para-hydroxylation sites is 1. The maximum Gasteiger partial charge on any atom is 0.323 e. The van der Waals surface area contributed by atoms with Gasteiger partial charge in [-0.15, -0.1) is 0 Å². The third-order valence-electron chi connectivity index (χ3n) is 8.55. The van der Waals surface area contributed by atoms with Crippen LogP contribution in [0.1, 0.15) is 50.4 Å². The zero-order valence-corrected chi connectivity index (χ0v) is 29.6. The van der Waals surface area contributed by atoms with Crippen LogP contribution in [0.25, 0.3) is 0 Å². The zero-order chi connectivity index (χ0) is 35.6. The molecule has 0 spiro atoms. The monoisotopic (exact) mass is 696 g/mol. The summed E-state index contributed by atoms with van der Waals surface area (Å²) < 4.78 is 46.1. The molecule has 0 aliphatic carbocycles. The highest BCUT2D eigenvalue weighted by atomic mass is 32.2. The molecule has 0 radical (unpaired) electrons. The summed E-state index contributed by atoms with van der Waals surface area (Å²) in [6, 6.07) is 19.1. The van der Waals surface area contributed by atoms with Crippen molar-refractivity contribution in [2.24, 2.45) is 5.92 Å². The Balaban J connectivity index is 1.62. The van der Waals surface area contributed by atoms with E-state index in [1.54, 1.807) is 54.3 Å².